The van der Waals surface area contributed by atoms with E-state index in [-0.39, 0.29) is 29.4 Å². The van der Waals surface area contributed by atoms with Gasteiger partial charge in [0, 0.05) is 17.4 Å². The molecule has 4 aromatic rings. The van der Waals surface area contributed by atoms with E-state index in [4.69, 9.17) is 4.74 Å². The number of ether oxygens (including phenoxy) is 1. The molecule has 2 unspecified atom stereocenters. The van der Waals surface area contributed by atoms with E-state index in [9.17, 15) is 19.2 Å². The van der Waals surface area contributed by atoms with Gasteiger partial charge in [-0.3, -0.25) is 24.1 Å². The summed E-state index contributed by atoms with van der Waals surface area (Å²) in [5.41, 5.74) is 6.71. The third-order valence-electron chi connectivity index (χ3n) is 8.51. The third-order valence-corrected chi connectivity index (χ3v) is 8.51. The van der Waals surface area contributed by atoms with E-state index in [1.54, 1.807) is 12.1 Å². The molecule has 2 bridgehead atoms. The van der Waals surface area contributed by atoms with Crippen LogP contribution in [-0.2, 0) is 19.1 Å². The highest BCUT2D eigenvalue weighted by molar-refractivity contribution is 6.09. The second-order valence-corrected chi connectivity index (χ2v) is 10.6. The number of rotatable bonds is 6. The van der Waals surface area contributed by atoms with E-state index >= 15 is 0 Å². The molecular formula is C34H25NO5. The van der Waals surface area contributed by atoms with E-state index in [1.807, 2.05) is 91.0 Å². The summed E-state index contributed by atoms with van der Waals surface area (Å²) >= 11 is 0. The van der Waals surface area contributed by atoms with Crippen LogP contribution in [0.3, 0.4) is 0 Å². The predicted molar refractivity (Wildman–Crippen MR) is 147 cm³/mol. The quantitative estimate of drug-likeness (QED) is 0.201. The summed E-state index contributed by atoms with van der Waals surface area (Å²) in [6, 6.07) is 32.8. The van der Waals surface area contributed by atoms with E-state index in [2.05, 4.69) is 0 Å². The number of carbonyl (C=O) groups excluding carboxylic acids is 4. The average Bonchev–Trinajstić information content (AvgIpc) is 3.25. The molecule has 2 amide bonds. The Kier molecular flexibility index (Phi) is 5.70. The number of carbonyl (C=O) groups is 4. The van der Waals surface area contributed by atoms with Gasteiger partial charge in [0.25, 0.3) is 0 Å². The molecule has 2 atom stereocenters. The van der Waals surface area contributed by atoms with Gasteiger partial charge in [0.2, 0.25) is 11.8 Å². The molecule has 0 saturated carbocycles. The van der Waals surface area contributed by atoms with Crippen LogP contribution in [0.2, 0.25) is 0 Å². The zero-order chi connectivity index (χ0) is 27.4. The molecule has 0 N–H and O–H groups in total. The van der Waals surface area contributed by atoms with Crippen LogP contribution in [-0.4, -0.2) is 41.6 Å². The van der Waals surface area contributed by atoms with Crippen LogP contribution in [0.25, 0.3) is 11.1 Å². The van der Waals surface area contributed by atoms with E-state index in [0.29, 0.717) is 5.56 Å². The van der Waals surface area contributed by atoms with Gasteiger partial charge in [-0.15, -0.1) is 0 Å². The summed E-state index contributed by atoms with van der Waals surface area (Å²) in [6.07, 6.45) is 0. The lowest BCUT2D eigenvalue weighted by atomic mass is 9.55. The number of esters is 1. The van der Waals surface area contributed by atoms with Gasteiger partial charge in [-0.2, -0.15) is 0 Å². The van der Waals surface area contributed by atoms with Gasteiger partial charge in [0.1, 0.15) is 6.54 Å². The Bertz CT molecular complexity index is 1560. The fourth-order valence-corrected chi connectivity index (χ4v) is 6.78. The highest BCUT2D eigenvalue weighted by atomic mass is 16.5. The maximum absolute atomic E-state index is 13.6. The van der Waals surface area contributed by atoms with Crippen molar-refractivity contribution in [1.29, 1.82) is 0 Å². The molecule has 4 aromatic carbocycles. The van der Waals surface area contributed by atoms with Crippen molar-refractivity contribution in [3.8, 4) is 11.1 Å². The largest absolute Gasteiger partial charge is 0.456 e. The van der Waals surface area contributed by atoms with Crippen molar-refractivity contribution in [1.82, 2.24) is 4.90 Å². The van der Waals surface area contributed by atoms with Crippen molar-refractivity contribution in [2.45, 2.75) is 11.8 Å². The van der Waals surface area contributed by atoms with Crippen molar-refractivity contribution in [3.63, 3.8) is 0 Å². The number of likely N-dealkylation sites (tertiary alicyclic amines) is 1. The molecule has 3 aliphatic carbocycles. The van der Waals surface area contributed by atoms with Crippen LogP contribution >= 0.6 is 0 Å². The van der Waals surface area contributed by atoms with Crippen LogP contribution in [0.4, 0.5) is 0 Å². The Morgan fingerprint density at radius 3 is 1.55 bits per heavy atom. The summed E-state index contributed by atoms with van der Waals surface area (Å²) in [6.45, 7) is -0.967. The van der Waals surface area contributed by atoms with Crippen molar-refractivity contribution in [2.75, 3.05) is 13.2 Å². The van der Waals surface area contributed by atoms with E-state index in [0.717, 1.165) is 38.3 Å². The Hall–Kier alpha value is -4.84. The number of Topliss-reactive ketones (excluding diaryl/α,β-unsaturated/α-hetero) is 1. The summed E-state index contributed by atoms with van der Waals surface area (Å²) < 4.78 is 5.24. The molecule has 196 valence electrons. The lowest BCUT2D eigenvalue weighted by Crippen LogP contribution is -2.41. The summed E-state index contributed by atoms with van der Waals surface area (Å²) in [5, 5.41) is 0. The van der Waals surface area contributed by atoms with Crippen LogP contribution in [0, 0.1) is 11.8 Å². The molecule has 8 rings (SSSR count). The van der Waals surface area contributed by atoms with Crippen molar-refractivity contribution in [2.24, 2.45) is 11.8 Å². The van der Waals surface area contributed by atoms with Crippen LogP contribution < -0.4 is 0 Å². The fourth-order valence-electron chi connectivity index (χ4n) is 6.78. The molecule has 6 heteroatoms. The number of ketones is 1. The second kappa shape index (κ2) is 9.42. The van der Waals surface area contributed by atoms with Gasteiger partial charge in [0.15, 0.2) is 12.4 Å². The highest BCUT2D eigenvalue weighted by Gasteiger charge is 2.61. The first-order valence-corrected chi connectivity index (χ1v) is 13.4. The minimum Gasteiger partial charge on any atom is -0.456 e. The standard InChI is InChI=1S/C34H25NO5/c36-27(22-16-14-21(15-17-22)20-8-2-1-3-9-20)19-40-28(37)18-35-33(38)31-29-23-10-4-5-11-24(23)30(32(31)34(35)39)26-13-7-6-12-25(26)29/h1-17,29-32H,18-19H2. The van der Waals surface area contributed by atoms with Gasteiger partial charge in [-0.1, -0.05) is 103 Å². The number of nitrogens with zero attached hydrogens (tertiary/aromatic N) is 1. The molecule has 0 aromatic heterocycles. The van der Waals surface area contributed by atoms with Crippen LogP contribution in [0.1, 0.15) is 44.4 Å². The molecule has 0 radical (unpaired) electrons. The second-order valence-electron chi connectivity index (χ2n) is 10.6. The lowest BCUT2D eigenvalue weighted by molar-refractivity contribution is -0.152. The summed E-state index contributed by atoms with van der Waals surface area (Å²) in [4.78, 5) is 53.8. The van der Waals surface area contributed by atoms with Gasteiger partial charge in [-0.25, -0.2) is 0 Å². The van der Waals surface area contributed by atoms with Crippen LogP contribution in [0.5, 0.6) is 0 Å². The number of hydrogen-bond acceptors (Lipinski definition) is 5. The number of hydrogen-bond donors (Lipinski definition) is 0. The first-order valence-electron chi connectivity index (χ1n) is 13.4. The number of amides is 2. The Labute approximate surface area is 231 Å². The van der Waals surface area contributed by atoms with Gasteiger partial charge in [-0.05, 0) is 33.4 Å². The lowest BCUT2D eigenvalue weighted by Gasteiger charge is -2.45. The zero-order valence-electron chi connectivity index (χ0n) is 21.5. The van der Waals surface area contributed by atoms with Gasteiger partial charge >= 0.3 is 5.97 Å². The normalized spacial score (nSPS) is 21.9. The topological polar surface area (TPSA) is 80.8 Å². The average molecular weight is 528 g/mol. The fraction of sp³-hybridized carbons (Fsp3) is 0.176. The molecule has 4 aliphatic rings. The molecule has 1 heterocycles. The maximum Gasteiger partial charge on any atom is 0.326 e. The van der Waals surface area contributed by atoms with Crippen molar-refractivity contribution < 1.29 is 23.9 Å². The minimum absolute atomic E-state index is 0.236. The molecular weight excluding hydrogens is 502 g/mol. The Balaban J connectivity index is 1.05. The smallest absolute Gasteiger partial charge is 0.326 e. The predicted octanol–water partition coefficient (Wildman–Crippen LogP) is 4.97. The molecule has 1 fully saturated rings. The monoisotopic (exact) mass is 527 g/mol. The molecule has 0 spiro atoms. The first-order chi connectivity index (χ1) is 19.5. The van der Waals surface area contributed by atoms with Crippen LogP contribution in [0.15, 0.2) is 103 Å². The Morgan fingerprint density at radius 1 is 0.600 bits per heavy atom. The number of benzene rings is 4. The molecule has 1 aliphatic heterocycles. The SMILES string of the molecule is O=C(CN1C(=O)C2C3c4ccccc4C(c4ccccc43)C2C1=O)OCC(=O)c1ccc(-c2ccccc2)cc1. The molecule has 1 saturated heterocycles. The Morgan fingerprint density at radius 2 is 1.05 bits per heavy atom. The maximum atomic E-state index is 13.6. The number of imide groups is 1. The molecule has 6 nitrogen and oxygen atoms in total. The van der Waals surface area contributed by atoms with Gasteiger partial charge < -0.3 is 4.74 Å². The highest BCUT2D eigenvalue weighted by Crippen LogP contribution is 2.60. The van der Waals surface area contributed by atoms with E-state index < -0.39 is 31.0 Å². The third kappa shape index (κ3) is 3.71. The minimum atomic E-state index is -0.781. The van der Waals surface area contributed by atoms with E-state index in [1.165, 1.54) is 0 Å². The first kappa shape index (κ1) is 24.2. The van der Waals surface area contributed by atoms with Crippen molar-refractivity contribution in [3.05, 3.63) is 131 Å². The van der Waals surface area contributed by atoms with Crippen molar-refractivity contribution >= 4 is 23.6 Å². The summed E-state index contributed by atoms with van der Waals surface area (Å²) in [5.74, 6) is -3.43. The summed E-state index contributed by atoms with van der Waals surface area (Å²) in [7, 11) is 0. The van der Waals surface area contributed by atoms with Gasteiger partial charge in [0.05, 0.1) is 11.8 Å². The zero-order valence-corrected chi connectivity index (χ0v) is 21.5. The molecule has 40 heavy (non-hydrogen) atoms.